The summed E-state index contributed by atoms with van der Waals surface area (Å²) in [7, 11) is 5.91. The molecule has 3 rings (SSSR count). The normalized spacial score (nSPS) is 16.7. The Bertz CT molecular complexity index is 642. The minimum Gasteiger partial charge on any atom is -0.497 e. The second-order valence-electron chi connectivity index (χ2n) is 5.10. The van der Waals surface area contributed by atoms with Crippen molar-refractivity contribution in [3.8, 4) is 5.75 Å². The van der Waals surface area contributed by atoms with Gasteiger partial charge in [0.05, 0.1) is 18.1 Å². The van der Waals surface area contributed by atoms with Gasteiger partial charge in [0.25, 0.3) is 0 Å². The lowest BCUT2D eigenvalue weighted by Gasteiger charge is -2.22. The van der Waals surface area contributed by atoms with Crippen LogP contribution in [0.3, 0.4) is 0 Å². The number of imidazole rings is 1. The zero-order valence-corrected chi connectivity index (χ0v) is 11.7. The van der Waals surface area contributed by atoms with Gasteiger partial charge in [-0.05, 0) is 25.6 Å². The van der Waals surface area contributed by atoms with E-state index in [1.807, 2.05) is 12.1 Å². The zero-order valence-electron chi connectivity index (χ0n) is 11.7. The van der Waals surface area contributed by atoms with Crippen molar-refractivity contribution in [1.82, 2.24) is 14.5 Å². The number of aryl methyl sites for hydroxylation is 1. The summed E-state index contributed by atoms with van der Waals surface area (Å²) in [4.78, 5) is 7.10. The Balaban J connectivity index is 2.09. The van der Waals surface area contributed by atoms with E-state index in [1.165, 1.54) is 5.57 Å². The molecule has 0 fully saturated rings. The van der Waals surface area contributed by atoms with E-state index in [1.54, 1.807) is 7.11 Å². The quantitative estimate of drug-likeness (QED) is 0.827. The molecule has 0 amide bonds. The highest BCUT2D eigenvalue weighted by atomic mass is 16.5. The fourth-order valence-electron chi connectivity index (χ4n) is 2.65. The molecule has 1 aromatic heterocycles. The Hall–Kier alpha value is -1.81. The monoisotopic (exact) mass is 257 g/mol. The van der Waals surface area contributed by atoms with Crippen LogP contribution in [0.25, 0.3) is 16.6 Å². The number of ether oxygens (including phenoxy) is 1. The molecule has 0 saturated carbocycles. The number of hydrogen-bond donors (Lipinski definition) is 0. The van der Waals surface area contributed by atoms with Gasteiger partial charge in [-0.25, -0.2) is 4.98 Å². The van der Waals surface area contributed by atoms with Gasteiger partial charge in [0.1, 0.15) is 11.6 Å². The molecule has 1 aliphatic rings. The van der Waals surface area contributed by atoms with Crippen molar-refractivity contribution in [2.75, 3.05) is 27.2 Å². The summed E-state index contributed by atoms with van der Waals surface area (Å²) < 4.78 is 7.43. The number of likely N-dealkylation sites (N-methyl/N-ethyl adjacent to an activating group) is 1. The minimum atomic E-state index is 0.854. The lowest BCUT2D eigenvalue weighted by molar-refractivity contribution is 0.371. The Kier molecular flexibility index (Phi) is 3.03. The molecular weight excluding hydrogens is 238 g/mol. The van der Waals surface area contributed by atoms with E-state index in [4.69, 9.17) is 9.72 Å². The predicted octanol–water partition coefficient (Wildman–Crippen LogP) is 2.30. The second kappa shape index (κ2) is 4.70. The van der Waals surface area contributed by atoms with E-state index >= 15 is 0 Å². The Morgan fingerprint density at radius 2 is 2.11 bits per heavy atom. The Morgan fingerprint density at radius 3 is 2.84 bits per heavy atom. The van der Waals surface area contributed by atoms with Crippen LogP contribution in [0.15, 0.2) is 24.3 Å². The van der Waals surface area contributed by atoms with E-state index < -0.39 is 0 Å². The predicted molar refractivity (Wildman–Crippen MR) is 77.4 cm³/mol. The molecule has 19 heavy (non-hydrogen) atoms. The average molecular weight is 257 g/mol. The molecule has 0 saturated heterocycles. The zero-order chi connectivity index (χ0) is 13.4. The lowest BCUT2D eigenvalue weighted by atomic mass is 10.1. The van der Waals surface area contributed by atoms with Crippen molar-refractivity contribution in [3.63, 3.8) is 0 Å². The highest BCUT2D eigenvalue weighted by Gasteiger charge is 2.16. The first kappa shape index (κ1) is 12.2. The van der Waals surface area contributed by atoms with Crippen LogP contribution in [-0.4, -0.2) is 41.7 Å². The average Bonchev–Trinajstić information content (AvgIpc) is 2.75. The van der Waals surface area contributed by atoms with Crippen molar-refractivity contribution in [3.05, 3.63) is 30.1 Å². The van der Waals surface area contributed by atoms with Crippen LogP contribution in [0, 0.1) is 0 Å². The van der Waals surface area contributed by atoms with Crippen molar-refractivity contribution in [1.29, 1.82) is 0 Å². The summed E-state index contributed by atoms with van der Waals surface area (Å²) in [5.41, 5.74) is 3.45. The van der Waals surface area contributed by atoms with Crippen LogP contribution in [0.2, 0.25) is 0 Å². The smallest absolute Gasteiger partial charge is 0.137 e. The van der Waals surface area contributed by atoms with E-state index in [0.29, 0.717) is 0 Å². The summed E-state index contributed by atoms with van der Waals surface area (Å²) in [6, 6.07) is 6.04. The molecule has 2 heterocycles. The number of nitrogens with zero attached hydrogens (tertiary/aromatic N) is 3. The highest BCUT2D eigenvalue weighted by molar-refractivity contribution is 5.81. The van der Waals surface area contributed by atoms with Gasteiger partial charge < -0.3 is 14.2 Å². The molecule has 0 unspecified atom stereocenters. The first-order chi connectivity index (χ1) is 9.19. The highest BCUT2D eigenvalue weighted by Crippen LogP contribution is 2.25. The lowest BCUT2D eigenvalue weighted by Crippen LogP contribution is -2.25. The van der Waals surface area contributed by atoms with Gasteiger partial charge in [-0.1, -0.05) is 6.08 Å². The number of benzene rings is 1. The van der Waals surface area contributed by atoms with Gasteiger partial charge in [-0.15, -0.1) is 0 Å². The number of hydrogen-bond acceptors (Lipinski definition) is 3. The molecule has 1 aliphatic heterocycles. The molecule has 0 N–H and O–H groups in total. The SMILES string of the molecule is COc1ccc2c(c1)nc(C1=CCCN(C)C1)n2C. The van der Waals surface area contributed by atoms with Crippen molar-refractivity contribution < 1.29 is 4.74 Å². The van der Waals surface area contributed by atoms with Gasteiger partial charge in [0, 0.05) is 31.8 Å². The van der Waals surface area contributed by atoms with Gasteiger partial charge in [0.15, 0.2) is 0 Å². The summed E-state index contributed by atoms with van der Waals surface area (Å²) in [6.07, 6.45) is 3.40. The molecule has 0 bridgehead atoms. The summed E-state index contributed by atoms with van der Waals surface area (Å²) in [6.45, 7) is 2.09. The largest absolute Gasteiger partial charge is 0.497 e. The molecule has 4 heteroatoms. The van der Waals surface area contributed by atoms with Crippen LogP contribution in [-0.2, 0) is 7.05 Å². The maximum atomic E-state index is 5.26. The molecule has 100 valence electrons. The first-order valence-corrected chi connectivity index (χ1v) is 6.57. The topological polar surface area (TPSA) is 30.3 Å². The van der Waals surface area contributed by atoms with Gasteiger partial charge in [-0.2, -0.15) is 0 Å². The van der Waals surface area contributed by atoms with E-state index in [9.17, 15) is 0 Å². The van der Waals surface area contributed by atoms with E-state index in [2.05, 4.69) is 35.7 Å². The first-order valence-electron chi connectivity index (χ1n) is 6.57. The molecule has 2 aromatic rings. The minimum absolute atomic E-state index is 0.854. The molecular formula is C15H19N3O. The van der Waals surface area contributed by atoms with Crippen LogP contribution in [0.4, 0.5) is 0 Å². The fourth-order valence-corrected chi connectivity index (χ4v) is 2.65. The molecule has 0 aliphatic carbocycles. The molecule has 1 aromatic carbocycles. The van der Waals surface area contributed by atoms with E-state index in [0.717, 1.165) is 42.1 Å². The Morgan fingerprint density at radius 1 is 1.26 bits per heavy atom. The van der Waals surface area contributed by atoms with Crippen molar-refractivity contribution in [2.45, 2.75) is 6.42 Å². The molecule has 0 radical (unpaired) electrons. The third-order valence-electron chi connectivity index (χ3n) is 3.72. The van der Waals surface area contributed by atoms with Crippen molar-refractivity contribution >= 4 is 16.6 Å². The molecule has 4 nitrogen and oxygen atoms in total. The fraction of sp³-hybridized carbons (Fsp3) is 0.400. The van der Waals surface area contributed by atoms with Crippen LogP contribution in [0.5, 0.6) is 5.75 Å². The maximum absolute atomic E-state index is 5.26. The number of aromatic nitrogens is 2. The van der Waals surface area contributed by atoms with Gasteiger partial charge in [-0.3, -0.25) is 0 Å². The van der Waals surface area contributed by atoms with E-state index in [-0.39, 0.29) is 0 Å². The number of methoxy groups -OCH3 is 1. The number of rotatable bonds is 2. The third-order valence-corrected chi connectivity index (χ3v) is 3.72. The van der Waals surface area contributed by atoms with Crippen LogP contribution >= 0.6 is 0 Å². The maximum Gasteiger partial charge on any atom is 0.137 e. The van der Waals surface area contributed by atoms with Crippen LogP contribution in [0.1, 0.15) is 12.2 Å². The Labute approximate surface area is 113 Å². The summed E-state index contributed by atoms with van der Waals surface area (Å²) in [5, 5.41) is 0. The summed E-state index contributed by atoms with van der Waals surface area (Å²) >= 11 is 0. The standard InChI is InChI=1S/C15H19N3O/c1-17-8-4-5-11(10-17)15-16-13-9-12(19-3)6-7-14(13)18(15)2/h5-7,9H,4,8,10H2,1-3H3. The summed E-state index contributed by atoms with van der Waals surface area (Å²) in [5.74, 6) is 1.92. The number of fused-ring (bicyclic) bond motifs is 1. The molecule has 0 atom stereocenters. The second-order valence-corrected chi connectivity index (χ2v) is 5.10. The van der Waals surface area contributed by atoms with Gasteiger partial charge in [0.2, 0.25) is 0 Å². The van der Waals surface area contributed by atoms with Crippen molar-refractivity contribution in [2.24, 2.45) is 7.05 Å². The van der Waals surface area contributed by atoms with Crippen LogP contribution < -0.4 is 4.74 Å². The molecule has 0 spiro atoms. The van der Waals surface area contributed by atoms with Gasteiger partial charge >= 0.3 is 0 Å². The third kappa shape index (κ3) is 2.12.